The van der Waals surface area contributed by atoms with Crippen LogP contribution < -0.4 is 36.5 Å². The van der Waals surface area contributed by atoms with Crippen LogP contribution in [0.5, 0.6) is 17.4 Å². The van der Waals surface area contributed by atoms with Gasteiger partial charge >= 0.3 is 17.1 Å². The lowest BCUT2D eigenvalue weighted by Gasteiger charge is -2.41. The number of phenols is 2. The summed E-state index contributed by atoms with van der Waals surface area (Å²) in [6, 6.07) is 19.0. The number of alkyl halides is 2. The van der Waals surface area contributed by atoms with Crippen molar-refractivity contribution in [2.75, 3.05) is 80.7 Å². The number of carbonyl (C=O) groups is 3. The molecular weight excluding hydrogens is 1660 g/mol. The smallest absolute Gasteiger partial charge is 0.357 e. The van der Waals surface area contributed by atoms with E-state index in [0.717, 1.165) is 43.9 Å². The van der Waals surface area contributed by atoms with E-state index in [1.165, 1.54) is 65.1 Å². The molecule has 3 saturated heterocycles. The Hall–Kier alpha value is -13.4. The number of nitrogens with zero attached hydrogens (tertiary/aromatic N) is 19. The van der Waals surface area contributed by atoms with Crippen LogP contribution in [0.15, 0.2) is 154 Å². The van der Waals surface area contributed by atoms with Gasteiger partial charge in [0.1, 0.15) is 63.8 Å². The van der Waals surface area contributed by atoms with Gasteiger partial charge in [0, 0.05) is 94.7 Å². The van der Waals surface area contributed by atoms with Crippen molar-refractivity contribution in [1.82, 2.24) is 78.6 Å². The number of carbonyl (C=O) groups excluding carboxylic acids is 3. The lowest BCUT2D eigenvalue weighted by molar-refractivity contribution is -0.128. The summed E-state index contributed by atoms with van der Waals surface area (Å²) in [7, 11) is 1.54. The van der Waals surface area contributed by atoms with E-state index in [0.29, 0.717) is 102 Å². The molecule has 0 bridgehead atoms. The fourth-order valence-electron chi connectivity index (χ4n) is 15.5. The molecular formula is C87H85Cl2F6N19O10. The second-order valence-electron chi connectivity index (χ2n) is 30.6. The molecule has 3 fully saturated rings. The van der Waals surface area contributed by atoms with Crippen LogP contribution in [0.3, 0.4) is 0 Å². The molecule has 0 spiro atoms. The number of anilines is 3. The number of hydrogen-bond acceptors (Lipinski definition) is 23. The third-order valence-corrected chi connectivity index (χ3v) is 22.2. The van der Waals surface area contributed by atoms with E-state index in [4.69, 9.17) is 37.6 Å². The van der Waals surface area contributed by atoms with E-state index in [1.54, 1.807) is 59.3 Å². The number of amides is 3. The number of fused-ring (bicyclic) bond motifs is 3. The van der Waals surface area contributed by atoms with Gasteiger partial charge in [-0.15, -0.1) is 0 Å². The van der Waals surface area contributed by atoms with Crippen molar-refractivity contribution in [3.8, 4) is 68.3 Å². The lowest BCUT2D eigenvalue weighted by atomic mass is 10.0. The number of methoxy groups -OCH3 is 1. The van der Waals surface area contributed by atoms with E-state index >= 15 is 4.39 Å². The van der Waals surface area contributed by atoms with Gasteiger partial charge in [-0.05, 0) is 135 Å². The number of phenolic OH excluding ortho intramolecular Hbond substituents is 2. The van der Waals surface area contributed by atoms with Crippen LogP contribution in [0.25, 0.3) is 84.1 Å². The highest BCUT2D eigenvalue weighted by Crippen LogP contribution is 2.43. The zero-order valence-corrected chi connectivity index (χ0v) is 70.7. The van der Waals surface area contributed by atoms with Crippen LogP contribution in [0, 0.1) is 37.1 Å². The Balaban J connectivity index is 0.000000160. The Bertz CT molecular complexity index is 6430. The molecule has 2 N–H and O–H groups in total. The quantitative estimate of drug-likeness (QED) is 0.0632. The van der Waals surface area contributed by atoms with Crippen molar-refractivity contribution in [3.63, 3.8) is 0 Å². The number of rotatable bonds is 17. The summed E-state index contributed by atoms with van der Waals surface area (Å²) in [4.78, 5) is 124. The van der Waals surface area contributed by atoms with Gasteiger partial charge in [0.15, 0.2) is 22.8 Å². The van der Waals surface area contributed by atoms with Crippen molar-refractivity contribution in [2.45, 2.75) is 112 Å². The van der Waals surface area contributed by atoms with Crippen molar-refractivity contribution in [3.05, 3.63) is 228 Å². The average Bonchev–Trinajstić information content (AvgIpc) is 0.864. The molecule has 3 amide bonds. The molecule has 644 valence electrons. The van der Waals surface area contributed by atoms with Gasteiger partial charge in [0.25, 0.3) is 6.43 Å². The number of ether oxygens (including phenoxy) is 1. The van der Waals surface area contributed by atoms with Gasteiger partial charge in [0.05, 0.1) is 78.6 Å². The molecule has 37 heteroatoms. The third-order valence-electron chi connectivity index (χ3n) is 21.6. The van der Waals surface area contributed by atoms with Crippen molar-refractivity contribution >= 4 is 91.5 Å². The Labute approximate surface area is 715 Å². The Kier molecular flexibility index (Phi) is 25.9. The number of pyridine rings is 5. The minimum absolute atomic E-state index is 0.0106. The van der Waals surface area contributed by atoms with E-state index < -0.39 is 82.3 Å². The molecule has 3 aliphatic heterocycles. The van der Waals surface area contributed by atoms with Crippen LogP contribution >= 0.6 is 23.2 Å². The van der Waals surface area contributed by atoms with Crippen LogP contribution in [0.2, 0.25) is 10.0 Å². The first-order chi connectivity index (χ1) is 59.1. The van der Waals surface area contributed by atoms with E-state index in [-0.39, 0.29) is 127 Å². The number of aryl methyl sites for hydroxylation is 2. The summed E-state index contributed by atoms with van der Waals surface area (Å²) in [6.07, 6.45) is 2.17. The van der Waals surface area contributed by atoms with Gasteiger partial charge in [-0.2, -0.15) is 15.0 Å². The normalized spacial score (nSPS) is 15.6. The second kappa shape index (κ2) is 36.3. The molecule has 15 rings (SSSR count). The molecule has 9 aromatic heterocycles. The first-order valence-corrected chi connectivity index (χ1v) is 40.1. The van der Waals surface area contributed by atoms with Gasteiger partial charge in [0.2, 0.25) is 29.4 Å². The maximum Gasteiger partial charge on any atom is 0.357 e. The zero-order chi connectivity index (χ0) is 89.5. The summed E-state index contributed by atoms with van der Waals surface area (Å²) in [5.74, 6) is -4.60. The van der Waals surface area contributed by atoms with Gasteiger partial charge in [-0.25, -0.2) is 79.0 Å². The van der Waals surface area contributed by atoms with Gasteiger partial charge in [-0.3, -0.25) is 19.4 Å². The SMILES string of the molecule is C=CC(=O)N1CCN(c2nc(=O)n(-c3c(C)cc(OC)nc3C(C)C)c3nc(-c4ccccc4F)c(Cl)cc23)[C@@H](C)C1.C=CC(=O)N1CCN(c2nc(=O)n(-c3c(C)ccnc3C(C)C)c3nc(-c4c(O)cccc4F)c(F)cc23)[C@@H](C(F)F)C1.C=CC(=O)N1CCN(c2nc(=O)n(-c3nonc3C(C)C)c3nc(-c4c(O)cccc4F)c(Cl)cc23)[C@@H](C)C1. The fourth-order valence-corrected chi connectivity index (χ4v) is 16.0. The lowest BCUT2D eigenvalue weighted by Crippen LogP contribution is -2.58. The number of halogens is 8. The number of piperazine rings is 3. The van der Waals surface area contributed by atoms with Gasteiger partial charge in [-0.1, -0.05) is 114 Å². The predicted molar refractivity (Wildman–Crippen MR) is 458 cm³/mol. The number of hydrogen-bond donors (Lipinski definition) is 2. The fraction of sp³-hybridized carbons (Fsp3) is 0.310. The molecule has 3 aliphatic rings. The average molecular weight is 1740 g/mol. The molecule has 12 heterocycles. The second-order valence-corrected chi connectivity index (χ2v) is 31.5. The first-order valence-electron chi connectivity index (χ1n) is 39.4. The molecule has 0 unspecified atom stereocenters. The molecule has 3 atom stereocenters. The highest BCUT2D eigenvalue weighted by atomic mass is 35.5. The first kappa shape index (κ1) is 88.3. The molecule has 0 aliphatic carbocycles. The maximum absolute atomic E-state index is 15.8. The van der Waals surface area contributed by atoms with E-state index in [1.807, 2.05) is 72.1 Å². The van der Waals surface area contributed by atoms with Crippen LogP contribution in [0.4, 0.5) is 43.8 Å². The minimum atomic E-state index is -2.97. The van der Waals surface area contributed by atoms with Crippen LogP contribution in [-0.4, -0.2) is 197 Å². The molecule has 12 aromatic rings. The standard InChI is InChI=1S/C31H32ClFN6O3.C30H28F4N6O3.C26H25ClFN7O4/c1-7-25(40)37-12-13-38(19(5)16-37)29-21-15-22(32)27(20-10-8-9-11-23(20)33)35-30(21)39(31(41)36-29)28-18(4)14-24(42-6)34-26(28)17(2)3;1-5-22(42)38-11-12-39(20(14-38)27(33)34)28-17-13-19(32)25(23-18(31)7-6-8-21(23)41)36-29(17)40(30(43)37-28)26-16(4)9-10-35-24(26)15(2)3;1-5-19(37)33-9-10-34(14(4)12-33)23-15-11-16(27)22(20-17(28)7-6-8-18(20)36)29-24(15)35(26(38)30-23)25-21(13(2)3)31-39-32-25/h7-11,14-15,17,19H,1,12-13,16H2,2-6H3;5-10,13,15,20,27,41H,1,11-12,14H2,2-4H3;5-8,11,13-14,36H,1,9-10,12H2,2-4H3/t19-;20-;14-/m010/s1. The van der Waals surface area contributed by atoms with Crippen LogP contribution in [0.1, 0.15) is 101 Å². The Morgan fingerprint density at radius 2 is 0.944 bits per heavy atom. The predicted octanol–water partition coefficient (Wildman–Crippen LogP) is 13.7. The Morgan fingerprint density at radius 3 is 1.44 bits per heavy atom. The molecule has 29 nitrogen and oxygen atoms in total. The maximum atomic E-state index is 15.8. The summed E-state index contributed by atoms with van der Waals surface area (Å²) in [5, 5.41) is 29.8. The van der Waals surface area contributed by atoms with E-state index in [9.17, 15) is 60.9 Å². The largest absolute Gasteiger partial charge is 0.507 e. The molecule has 0 radical (unpaired) electrons. The highest BCUT2D eigenvalue weighted by Gasteiger charge is 2.40. The summed E-state index contributed by atoms with van der Waals surface area (Å²) < 4.78 is 103. The van der Waals surface area contributed by atoms with Gasteiger partial charge < -0.3 is 44.3 Å². The number of benzene rings is 3. The Morgan fingerprint density at radius 1 is 0.500 bits per heavy atom. The van der Waals surface area contributed by atoms with E-state index in [2.05, 4.69) is 64.9 Å². The minimum Gasteiger partial charge on any atom is -0.507 e. The number of aromatic hydroxyl groups is 2. The monoisotopic (exact) mass is 1740 g/mol. The molecule has 3 aromatic carbocycles. The number of aromatic nitrogens is 13. The third kappa shape index (κ3) is 16.9. The van der Waals surface area contributed by atoms with Crippen molar-refractivity contribution in [1.29, 1.82) is 0 Å². The molecule has 0 saturated carbocycles. The summed E-state index contributed by atoms with van der Waals surface area (Å²) >= 11 is 13.4. The highest BCUT2D eigenvalue weighted by molar-refractivity contribution is 6.34. The molecule has 124 heavy (non-hydrogen) atoms. The summed E-state index contributed by atoms with van der Waals surface area (Å²) in [6.45, 7) is 31.3. The van der Waals surface area contributed by atoms with Crippen molar-refractivity contribution < 1.29 is 60.3 Å². The van der Waals surface area contributed by atoms with Crippen molar-refractivity contribution in [2.24, 2.45) is 0 Å². The van der Waals surface area contributed by atoms with Crippen LogP contribution in [-0.2, 0) is 14.4 Å². The summed E-state index contributed by atoms with van der Waals surface area (Å²) in [5.41, 5.74) is 0.608. The zero-order valence-electron chi connectivity index (χ0n) is 69.2. The topological polar surface area (TPSA) is 328 Å².